The van der Waals surface area contributed by atoms with Gasteiger partial charge in [0.15, 0.2) is 0 Å². The molecule has 0 rings (SSSR count). The molecule has 100 valence electrons. The molecule has 0 aromatic heterocycles. The molecule has 5 nitrogen and oxygen atoms in total. The highest BCUT2D eigenvalue weighted by Crippen LogP contribution is 2.07. The van der Waals surface area contributed by atoms with Gasteiger partial charge in [0.05, 0.1) is 0 Å². The van der Waals surface area contributed by atoms with Crippen LogP contribution in [0.4, 0.5) is 0 Å². The molecule has 3 unspecified atom stereocenters. The summed E-state index contributed by atoms with van der Waals surface area (Å²) in [6.07, 6.45) is 0.622. The van der Waals surface area contributed by atoms with Gasteiger partial charge in [-0.2, -0.15) is 0 Å². The van der Waals surface area contributed by atoms with Gasteiger partial charge < -0.3 is 16.4 Å². The van der Waals surface area contributed by atoms with Gasteiger partial charge in [0.1, 0.15) is 6.04 Å². The van der Waals surface area contributed by atoms with Crippen LogP contribution in [-0.4, -0.2) is 30.9 Å². The van der Waals surface area contributed by atoms with E-state index >= 15 is 0 Å². The molecule has 0 aliphatic rings. The Hall–Kier alpha value is -1.10. The Morgan fingerprint density at radius 1 is 1.12 bits per heavy atom. The third-order valence-electron chi connectivity index (χ3n) is 2.79. The maximum absolute atomic E-state index is 11.8. The van der Waals surface area contributed by atoms with E-state index in [4.69, 9.17) is 5.73 Å². The first-order chi connectivity index (χ1) is 7.79. The Morgan fingerprint density at radius 3 is 2.00 bits per heavy atom. The van der Waals surface area contributed by atoms with Crippen LogP contribution in [0.15, 0.2) is 0 Å². The van der Waals surface area contributed by atoms with Crippen molar-refractivity contribution < 1.29 is 9.59 Å². The van der Waals surface area contributed by atoms with Crippen LogP contribution in [0.1, 0.15) is 34.1 Å². The molecular weight excluding hydrogens is 218 g/mol. The van der Waals surface area contributed by atoms with E-state index in [1.165, 1.54) is 0 Å². The predicted molar refractivity (Wildman–Crippen MR) is 68.3 cm³/mol. The summed E-state index contributed by atoms with van der Waals surface area (Å²) in [5.41, 5.74) is 5.66. The van der Waals surface area contributed by atoms with Gasteiger partial charge >= 0.3 is 0 Å². The fourth-order valence-electron chi connectivity index (χ4n) is 1.42. The third kappa shape index (κ3) is 5.68. The van der Waals surface area contributed by atoms with E-state index in [9.17, 15) is 9.59 Å². The molecule has 0 aromatic carbocycles. The van der Waals surface area contributed by atoms with Crippen molar-refractivity contribution in [1.29, 1.82) is 0 Å². The zero-order valence-corrected chi connectivity index (χ0v) is 11.4. The van der Waals surface area contributed by atoms with Crippen LogP contribution in [0, 0.1) is 11.8 Å². The molecule has 0 spiro atoms. The molecular formula is C12H25N3O2. The van der Waals surface area contributed by atoms with Crippen LogP contribution in [0.3, 0.4) is 0 Å². The summed E-state index contributed by atoms with van der Waals surface area (Å²) in [5.74, 6) is -0.296. The van der Waals surface area contributed by atoms with Gasteiger partial charge in [-0.15, -0.1) is 0 Å². The molecule has 0 fully saturated rings. The maximum Gasteiger partial charge on any atom is 0.242 e. The number of rotatable bonds is 6. The summed E-state index contributed by atoms with van der Waals surface area (Å²) in [6.45, 7) is 7.56. The molecule has 3 atom stereocenters. The van der Waals surface area contributed by atoms with Crippen LogP contribution in [0.2, 0.25) is 0 Å². The van der Waals surface area contributed by atoms with Crippen molar-refractivity contribution >= 4 is 11.8 Å². The van der Waals surface area contributed by atoms with Gasteiger partial charge in [-0.05, 0) is 19.3 Å². The lowest BCUT2D eigenvalue weighted by molar-refractivity contribution is -0.131. The Balaban J connectivity index is 4.53. The zero-order valence-electron chi connectivity index (χ0n) is 11.4. The lowest BCUT2D eigenvalue weighted by atomic mass is 10.00. The number of carbonyl (C=O) groups excluding carboxylic acids is 2. The minimum absolute atomic E-state index is 0.163. The fraction of sp³-hybridized carbons (Fsp3) is 0.833. The summed E-state index contributed by atoms with van der Waals surface area (Å²) < 4.78 is 0. The van der Waals surface area contributed by atoms with Crippen molar-refractivity contribution in [3.63, 3.8) is 0 Å². The summed E-state index contributed by atoms with van der Waals surface area (Å²) in [4.78, 5) is 23.4. The van der Waals surface area contributed by atoms with E-state index in [1.54, 1.807) is 20.9 Å². The highest BCUT2D eigenvalue weighted by atomic mass is 16.2. The van der Waals surface area contributed by atoms with E-state index in [-0.39, 0.29) is 23.8 Å². The lowest BCUT2D eigenvalue weighted by Gasteiger charge is -2.22. The number of hydrogen-bond donors (Lipinski definition) is 3. The topological polar surface area (TPSA) is 84.2 Å². The summed E-state index contributed by atoms with van der Waals surface area (Å²) in [5, 5.41) is 5.31. The minimum atomic E-state index is -0.478. The van der Waals surface area contributed by atoms with Crippen molar-refractivity contribution in [3.05, 3.63) is 0 Å². The van der Waals surface area contributed by atoms with E-state index in [0.717, 1.165) is 0 Å². The van der Waals surface area contributed by atoms with Crippen LogP contribution in [-0.2, 0) is 9.59 Å². The van der Waals surface area contributed by atoms with Crippen molar-refractivity contribution in [3.8, 4) is 0 Å². The number of nitrogens with one attached hydrogen (secondary N) is 2. The largest absolute Gasteiger partial charge is 0.357 e. The monoisotopic (exact) mass is 243 g/mol. The van der Waals surface area contributed by atoms with Crippen LogP contribution in [0.25, 0.3) is 0 Å². The van der Waals surface area contributed by atoms with Crippen molar-refractivity contribution in [2.24, 2.45) is 17.6 Å². The molecule has 0 radical (unpaired) electrons. The van der Waals surface area contributed by atoms with Crippen molar-refractivity contribution in [2.45, 2.75) is 46.2 Å². The first-order valence-corrected chi connectivity index (χ1v) is 6.07. The molecule has 4 N–H and O–H groups in total. The maximum atomic E-state index is 11.8. The second-order valence-corrected chi connectivity index (χ2v) is 4.95. The SMILES string of the molecule is CNC(=O)C(CC(C)C)NC(=O)C(C)C(C)N. The number of nitrogens with two attached hydrogens (primary N) is 1. The molecule has 0 saturated carbocycles. The molecule has 0 saturated heterocycles. The Morgan fingerprint density at radius 2 is 1.65 bits per heavy atom. The van der Waals surface area contributed by atoms with Gasteiger partial charge in [0.2, 0.25) is 11.8 Å². The molecule has 0 aliphatic heterocycles. The molecule has 0 heterocycles. The van der Waals surface area contributed by atoms with E-state index in [0.29, 0.717) is 12.3 Å². The highest BCUT2D eigenvalue weighted by molar-refractivity contribution is 5.88. The Kier molecular flexibility index (Phi) is 6.80. The average molecular weight is 243 g/mol. The first-order valence-electron chi connectivity index (χ1n) is 6.07. The lowest BCUT2D eigenvalue weighted by Crippen LogP contribution is -2.50. The Labute approximate surface area is 104 Å². The van der Waals surface area contributed by atoms with Crippen LogP contribution < -0.4 is 16.4 Å². The normalized spacial score (nSPS) is 16.2. The van der Waals surface area contributed by atoms with E-state index in [1.807, 2.05) is 13.8 Å². The van der Waals surface area contributed by atoms with E-state index in [2.05, 4.69) is 10.6 Å². The summed E-state index contributed by atoms with van der Waals surface area (Å²) >= 11 is 0. The van der Waals surface area contributed by atoms with Gasteiger partial charge in [-0.3, -0.25) is 9.59 Å². The average Bonchev–Trinajstić information content (AvgIpc) is 2.24. The van der Waals surface area contributed by atoms with Gasteiger partial charge in [-0.25, -0.2) is 0 Å². The number of likely N-dealkylation sites (N-methyl/N-ethyl adjacent to an activating group) is 1. The van der Waals surface area contributed by atoms with Crippen molar-refractivity contribution in [1.82, 2.24) is 10.6 Å². The predicted octanol–water partition coefficient (Wildman–Crippen LogP) is 0.247. The van der Waals surface area contributed by atoms with Gasteiger partial charge in [0, 0.05) is 19.0 Å². The van der Waals surface area contributed by atoms with Crippen molar-refractivity contribution in [2.75, 3.05) is 7.05 Å². The number of amides is 2. The van der Waals surface area contributed by atoms with Gasteiger partial charge in [-0.1, -0.05) is 20.8 Å². The summed E-state index contributed by atoms with van der Waals surface area (Å²) in [6, 6.07) is -0.701. The minimum Gasteiger partial charge on any atom is -0.357 e. The molecule has 0 aromatic rings. The number of carbonyl (C=O) groups is 2. The van der Waals surface area contributed by atoms with Crippen LogP contribution in [0.5, 0.6) is 0 Å². The smallest absolute Gasteiger partial charge is 0.242 e. The van der Waals surface area contributed by atoms with Gasteiger partial charge in [0.25, 0.3) is 0 Å². The fourth-order valence-corrected chi connectivity index (χ4v) is 1.42. The second-order valence-electron chi connectivity index (χ2n) is 4.95. The Bertz CT molecular complexity index is 264. The summed E-state index contributed by atoms with van der Waals surface area (Å²) in [7, 11) is 1.57. The molecule has 5 heteroatoms. The molecule has 0 aliphatic carbocycles. The first kappa shape index (κ1) is 15.9. The molecule has 0 bridgehead atoms. The second kappa shape index (κ2) is 7.27. The van der Waals surface area contributed by atoms with Crippen LogP contribution >= 0.6 is 0 Å². The molecule has 17 heavy (non-hydrogen) atoms. The number of hydrogen-bond acceptors (Lipinski definition) is 3. The third-order valence-corrected chi connectivity index (χ3v) is 2.79. The molecule has 2 amide bonds. The standard InChI is InChI=1S/C12H25N3O2/c1-7(2)6-10(12(17)14-5)15-11(16)8(3)9(4)13/h7-10H,6,13H2,1-5H3,(H,14,17)(H,15,16). The van der Waals surface area contributed by atoms with E-state index < -0.39 is 6.04 Å². The highest BCUT2D eigenvalue weighted by Gasteiger charge is 2.24. The zero-order chi connectivity index (χ0) is 13.6. The quantitative estimate of drug-likeness (QED) is 0.625.